The molecular formula is C17H18FNS. The van der Waals surface area contributed by atoms with Crippen LogP contribution < -0.4 is 5.32 Å². The molecule has 0 spiro atoms. The Bertz CT molecular complexity index is 608. The zero-order valence-corrected chi connectivity index (χ0v) is 12.3. The molecule has 0 heterocycles. The first kappa shape index (κ1) is 13.7. The van der Waals surface area contributed by atoms with Crippen molar-refractivity contribution in [2.24, 2.45) is 0 Å². The van der Waals surface area contributed by atoms with Gasteiger partial charge < -0.3 is 5.32 Å². The predicted octanol–water partition coefficient (Wildman–Crippen LogP) is 4.54. The molecule has 1 aliphatic carbocycles. The van der Waals surface area contributed by atoms with E-state index < -0.39 is 0 Å². The molecule has 0 atom stereocenters. The monoisotopic (exact) mass is 287 g/mol. The fourth-order valence-electron chi connectivity index (χ4n) is 2.13. The van der Waals surface area contributed by atoms with Gasteiger partial charge in [-0.25, -0.2) is 4.39 Å². The third-order valence-corrected chi connectivity index (χ3v) is 4.70. The van der Waals surface area contributed by atoms with Crippen LogP contribution in [0.25, 0.3) is 0 Å². The minimum atomic E-state index is -0.156. The molecule has 1 fully saturated rings. The van der Waals surface area contributed by atoms with Crippen molar-refractivity contribution in [2.75, 3.05) is 0 Å². The first-order chi connectivity index (χ1) is 9.72. The lowest BCUT2D eigenvalue weighted by Crippen LogP contribution is -2.15. The van der Waals surface area contributed by atoms with Gasteiger partial charge in [-0.3, -0.25) is 0 Å². The van der Waals surface area contributed by atoms with Crippen LogP contribution in [0.2, 0.25) is 0 Å². The van der Waals surface area contributed by atoms with Crippen LogP contribution in [0.4, 0.5) is 4.39 Å². The van der Waals surface area contributed by atoms with Crippen LogP contribution in [0.15, 0.2) is 52.3 Å². The molecule has 1 aliphatic rings. The van der Waals surface area contributed by atoms with E-state index in [0.29, 0.717) is 4.90 Å². The van der Waals surface area contributed by atoms with Crippen LogP contribution in [0.3, 0.4) is 0 Å². The number of hydrogen-bond acceptors (Lipinski definition) is 2. The fraction of sp³-hybridized carbons (Fsp3) is 0.294. The van der Waals surface area contributed by atoms with Gasteiger partial charge in [0.15, 0.2) is 0 Å². The Morgan fingerprint density at radius 2 is 1.95 bits per heavy atom. The van der Waals surface area contributed by atoms with Crippen LogP contribution in [0.5, 0.6) is 0 Å². The van der Waals surface area contributed by atoms with E-state index >= 15 is 0 Å². The summed E-state index contributed by atoms with van der Waals surface area (Å²) in [5.74, 6) is -0.156. The third kappa shape index (κ3) is 3.41. The molecule has 0 amide bonds. The molecule has 2 aromatic rings. The van der Waals surface area contributed by atoms with Crippen molar-refractivity contribution < 1.29 is 4.39 Å². The summed E-state index contributed by atoms with van der Waals surface area (Å²) in [7, 11) is 0. The Kier molecular flexibility index (Phi) is 4.08. The number of rotatable bonds is 5. The summed E-state index contributed by atoms with van der Waals surface area (Å²) >= 11 is 1.49. The molecule has 1 N–H and O–H groups in total. The minimum Gasteiger partial charge on any atom is -0.310 e. The maximum atomic E-state index is 13.7. The molecule has 0 radical (unpaired) electrons. The van der Waals surface area contributed by atoms with E-state index in [1.54, 1.807) is 6.07 Å². The Morgan fingerprint density at radius 1 is 1.15 bits per heavy atom. The lowest BCUT2D eigenvalue weighted by Gasteiger charge is -2.09. The molecule has 3 rings (SSSR count). The number of hydrogen-bond donors (Lipinski definition) is 1. The van der Waals surface area contributed by atoms with Crippen LogP contribution in [-0.2, 0) is 6.54 Å². The summed E-state index contributed by atoms with van der Waals surface area (Å²) in [6.45, 7) is 3.01. The summed E-state index contributed by atoms with van der Waals surface area (Å²) in [6, 6.07) is 14.1. The lowest BCUT2D eigenvalue weighted by molar-refractivity contribution is 0.602. The maximum absolute atomic E-state index is 13.7. The van der Waals surface area contributed by atoms with E-state index in [1.807, 2.05) is 12.1 Å². The molecule has 0 saturated heterocycles. The Morgan fingerprint density at radius 3 is 2.65 bits per heavy atom. The van der Waals surface area contributed by atoms with Gasteiger partial charge in [-0.15, -0.1) is 0 Å². The van der Waals surface area contributed by atoms with Gasteiger partial charge in [0.25, 0.3) is 0 Å². The van der Waals surface area contributed by atoms with Gasteiger partial charge in [0.2, 0.25) is 0 Å². The molecule has 2 aromatic carbocycles. The van der Waals surface area contributed by atoms with Crippen LogP contribution in [0.1, 0.15) is 24.0 Å². The summed E-state index contributed by atoms with van der Waals surface area (Å²) in [5, 5.41) is 3.51. The van der Waals surface area contributed by atoms with Gasteiger partial charge in [-0.05, 0) is 49.1 Å². The quantitative estimate of drug-likeness (QED) is 0.866. The fourth-order valence-corrected chi connectivity index (χ4v) is 3.04. The van der Waals surface area contributed by atoms with Crippen molar-refractivity contribution in [3.8, 4) is 0 Å². The van der Waals surface area contributed by atoms with Crippen molar-refractivity contribution >= 4 is 11.8 Å². The van der Waals surface area contributed by atoms with Gasteiger partial charge in [0.05, 0.1) is 0 Å². The molecule has 0 aliphatic heterocycles. The average Bonchev–Trinajstić information content (AvgIpc) is 3.26. The normalized spacial score (nSPS) is 14.5. The van der Waals surface area contributed by atoms with E-state index in [4.69, 9.17) is 0 Å². The number of nitrogens with one attached hydrogen (secondary N) is 1. The standard InChI is InChI=1S/C17H18FNS/c1-12-10-13(11-19-14-7-8-14)6-9-16(12)20-17-5-3-2-4-15(17)18/h2-6,9-10,14,19H,7-8,11H2,1H3. The molecule has 1 nitrogen and oxygen atoms in total. The van der Waals surface area contributed by atoms with E-state index in [9.17, 15) is 4.39 Å². The van der Waals surface area contributed by atoms with Crippen molar-refractivity contribution in [2.45, 2.75) is 42.1 Å². The second-order valence-corrected chi connectivity index (χ2v) is 6.37. The minimum absolute atomic E-state index is 0.156. The van der Waals surface area contributed by atoms with Gasteiger partial charge in [0.1, 0.15) is 5.82 Å². The first-order valence-corrected chi connectivity index (χ1v) is 7.79. The van der Waals surface area contributed by atoms with Crippen molar-refractivity contribution in [3.63, 3.8) is 0 Å². The predicted molar refractivity (Wildman–Crippen MR) is 81.6 cm³/mol. The highest BCUT2D eigenvalue weighted by molar-refractivity contribution is 7.99. The summed E-state index contributed by atoms with van der Waals surface area (Å²) in [4.78, 5) is 1.80. The Hall–Kier alpha value is -1.32. The van der Waals surface area contributed by atoms with Gasteiger partial charge in [0, 0.05) is 22.4 Å². The highest BCUT2D eigenvalue weighted by Crippen LogP contribution is 2.32. The highest BCUT2D eigenvalue weighted by Gasteiger charge is 2.19. The van der Waals surface area contributed by atoms with Crippen LogP contribution >= 0.6 is 11.8 Å². The second kappa shape index (κ2) is 5.98. The highest BCUT2D eigenvalue weighted by atomic mass is 32.2. The summed E-state index contributed by atoms with van der Waals surface area (Å²) < 4.78 is 13.7. The summed E-state index contributed by atoms with van der Waals surface area (Å²) in [6.07, 6.45) is 2.61. The van der Waals surface area contributed by atoms with Crippen LogP contribution in [-0.4, -0.2) is 6.04 Å². The van der Waals surface area contributed by atoms with Gasteiger partial charge in [-0.2, -0.15) is 0 Å². The Balaban J connectivity index is 1.71. The van der Waals surface area contributed by atoms with E-state index in [-0.39, 0.29) is 5.82 Å². The zero-order chi connectivity index (χ0) is 13.9. The van der Waals surface area contributed by atoms with E-state index in [0.717, 1.165) is 17.5 Å². The topological polar surface area (TPSA) is 12.0 Å². The zero-order valence-electron chi connectivity index (χ0n) is 11.5. The number of aryl methyl sites for hydroxylation is 1. The smallest absolute Gasteiger partial charge is 0.137 e. The van der Waals surface area contributed by atoms with Crippen LogP contribution in [0, 0.1) is 12.7 Å². The van der Waals surface area contributed by atoms with Crippen molar-refractivity contribution in [3.05, 3.63) is 59.4 Å². The van der Waals surface area contributed by atoms with Crippen molar-refractivity contribution in [1.82, 2.24) is 5.32 Å². The average molecular weight is 287 g/mol. The molecule has 20 heavy (non-hydrogen) atoms. The second-order valence-electron chi connectivity index (χ2n) is 5.29. The van der Waals surface area contributed by atoms with Crippen molar-refractivity contribution in [1.29, 1.82) is 0 Å². The maximum Gasteiger partial charge on any atom is 0.137 e. The largest absolute Gasteiger partial charge is 0.310 e. The van der Waals surface area contributed by atoms with Gasteiger partial charge >= 0.3 is 0 Å². The molecule has 0 unspecified atom stereocenters. The molecule has 3 heteroatoms. The first-order valence-electron chi connectivity index (χ1n) is 6.97. The third-order valence-electron chi connectivity index (χ3n) is 3.47. The number of halogens is 1. The van der Waals surface area contributed by atoms with Gasteiger partial charge in [-0.1, -0.05) is 36.0 Å². The Labute approximate surface area is 123 Å². The van der Waals surface area contributed by atoms with E-state index in [2.05, 4.69) is 30.4 Å². The van der Waals surface area contributed by atoms with E-state index in [1.165, 1.54) is 41.8 Å². The SMILES string of the molecule is Cc1cc(CNC2CC2)ccc1Sc1ccccc1F. The molecule has 104 valence electrons. The molecule has 0 bridgehead atoms. The lowest BCUT2D eigenvalue weighted by atomic mass is 10.1. The molecule has 0 aromatic heterocycles. The molecular weight excluding hydrogens is 269 g/mol. The molecule has 1 saturated carbocycles. The summed E-state index contributed by atoms with van der Waals surface area (Å²) in [5.41, 5.74) is 2.50. The number of benzene rings is 2.